The third kappa shape index (κ3) is 17.6. The molecule has 0 heterocycles. The van der Waals surface area contributed by atoms with Crippen molar-refractivity contribution in [2.45, 2.75) is 66.2 Å². The molecule has 0 aliphatic rings. The van der Waals surface area contributed by atoms with E-state index in [2.05, 4.69) is 32.3 Å². The van der Waals surface area contributed by atoms with Gasteiger partial charge in [0, 0.05) is 5.57 Å². The highest BCUT2D eigenvalue weighted by Crippen LogP contribution is 2.01. The molecule has 0 rings (SSSR count). The van der Waals surface area contributed by atoms with Crippen molar-refractivity contribution >= 4 is 0 Å². The van der Waals surface area contributed by atoms with Gasteiger partial charge in [-0.1, -0.05) is 46.6 Å². The largest absolute Gasteiger partial charge is 0.303 e. The van der Waals surface area contributed by atoms with Crippen LogP contribution in [0.4, 0.5) is 0 Å². The average Bonchev–Trinajstić information content (AvgIpc) is 2.38. The lowest BCUT2D eigenvalue weighted by Gasteiger charge is -2.21. The first kappa shape index (κ1) is 19.5. The molecule has 0 aliphatic carbocycles. The third-order valence-electron chi connectivity index (χ3n) is 2.67. The molecule has 106 valence electrons. The monoisotopic (exact) mass is 252 g/mol. The van der Waals surface area contributed by atoms with Crippen LogP contribution in [0.5, 0.6) is 0 Å². The summed E-state index contributed by atoms with van der Waals surface area (Å²) in [5, 5.41) is 7.79. The summed E-state index contributed by atoms with van der Waals surface area (Å²) >= 11 is 0. The van der Waals surface area contributed by atoms with Gasteiger partial charge in [0.25, 0.3) is 0 Å². The van der Waals surface area contributed by atoms with Crippen LogP contribution in [0.3, 0.4) is 0 Å². The number of allylic oxidation sites excluding steroid dienone is 1. The van der Waals surface area contributed by atoms with E-state index < -0.39 is 0 Å². The van der Waals surface area contributed by atoms with Crippen LogP contribution in [0.25, 0.3) is 0 Å². The predicted octanol–water partition coefficient (Wildman–Crippen LogP) is 4.77. The number of rotatable bonds is 9. The molecule has 2 heteroatoms. The molecule has 0 N–H and O–H groups in total. The normalized spacial score (nSPS) is 9.56. The fourth-order valence-corrected chi connectivity index (χ4v) is 1.48. The van der Waals surface area contributed by atoms with Crippen molar-refractivity contribution in [3.63, 3.8) is 0 Å². The van der Waals surface area contributed by atoms with Crippen LogP contribution in [0.1, 0.15) is 66.2 Å². The van der Waals surface area contributed by atoms with E-state index >= 15 is 0 Å². The summed E-state index contributed by atoms with van der Waals surface area (Å²) < 4.78 is 0. The summed E-state index contributed by atoms with van der Waals surface area (Å²) in [6.45, 7) is 15.8. The van der Waals surface area contributed by atoms with E-state index in [4.69, 9.17) is 5.26 Å². The Kier molecular flexibility index (Phi) is 17.6. The Bertz CT molecular complexity index is 197. The minimum Gasteiger partial charge on any atom is -0.303 e. The Balaban J connectivity index is 0. The van der Waals surface area contributed by atoms with Gasteiger partial charge in [-0.3, -0.25) is 0 Å². The van der Waals surface area contributed by atoms with Crippen LogP contribution < -0.4 is 0 Å². The van der Waals surface area contributed by atoms with Crippen LogP contribution in [0.15, 0.2) is 12.2 Å². The molecule has 18 heavy (non-hydrogen) atoms. The van der Waals surface area contributed by atoms with Gasteiger partial charge < -0.3 is 4.90 Å². The summed E-state index contributed by atoms with van der Waals surface area (Å²) in [7, 11) is 0. The SMILES string of the molecule is C=C(C)C#N.CCCCN(CCCC)CCCC. The van der Waals surface area contributed by atoms with E-state index in [9.17, 15) is 0 Å². The van der Waals surface area contributed by atoms with E-state index in [-0.39, 0.29) is 0 Å². The molecule has 0 saturated carbocycles. The maximum atomic E-state index is 7.79. The van der Waals surface area contributed by atoms with E-state index in [0.29, 0.717) is 5.57 Å². The second-order valence-electron chi connectivity index (χ2n) is 4.79. The summed E-state index contributed by atoms with van der Waals surface area (Å²) in [6, 6.07) is 1.83. The van der Waals surface area contributed by atoms with Crippen LogP contribution in [0.2, 0.25) is 0 Å². The van der Waals surface area contributed by atoms with E-state index in [1.54, 1.807) is 6.92 Å². The molecular formula is C16H32N2. The fraction of sp³-hybridized carbons (Fsp3) is 0.812. The number of hydrogen-bond donors (Lipinski definition) is 0. The maximum absolute atomic E-state index is 7.79. The number of unbranched alkanes of at least 4 members (excludes halogenated alkanes) is 3. The van der Waals surface area contributed by atoms with Gasteiger partial charge in [0.15, 0.2) is 0 Å². The first-order valence-electron chi connectivity index (χ1n) is 7.40. The van der Waals surface area contributed by atoms with Crippen molar-refractivity contribution < 1.29 is 0 Å². The average molecular weight is 252 g/mol. The zero-order chi connectivity index (χ0) is 14.2. The zero-order valence-electron chi connectivity index (χ0n) is 13.0. The highest BCUT2D eigenvalue weighted by atomic mass is 15.1. The van der Waals surface area contributed by atoms with Crippen LogP contribution >= 0.6 is 0 Å². The molecule has 0 aromatic rings. The maximum Gasteiger partial charge on any atom is 0.0937 e. The molecule has 0 aliphatic heterocycles. The van der Waals surface area contributed by atoms with Gasteiger partial charge in [-0.25, -0.2) is 0 Å². The molecule has 0 saturated heterocycles. The quantitative estimate of drug-likeness (QED) is 0.552. The summed E-state index contributed by atoms with van der Waals surface area (Å²) in [4.78, 5) is 2.64. The smallest absolute Gasteiger partial charge is 0.0937 e. The summed E-state index contributed by atoms with van der Waals surface area (Å²) in [5.41, 5.74) is 0.560. The predicted molar refractivity (Wildman–Crippen MR) is 81.6 cm³/mol. The lowest BCUT2D eigenvalue weighted by molar-refractivity contribution is 0.261. The van der Waals surface area contributed by atoms with Crippen molar-refractivity contribution in [1.29, 1.82) is 5.26 Å². The molecule has 0 spiro atoms. The Labute approximate surface area is 115 Å². The fourth-order valence-electron chi connectivity index (χ4n) is 1.48. The van der Waals surface area contributed by atoms with Gasteiger partial charge in [0.1, 0.15) is 0 Å². The van der Waals surface area contributed by atoms with Crippen LogP contribution in [-0.4, -0.2) is 24.5 Å². The molecule has 0 aromatic carbocycles. The van der Waals surface area contributed by atoms with Crippen molar-refractivity contribution in [2.75, 3.05) is 19.6 Å². The molecule has 0 unspecified atom stereocenters. The molecule has 0 fully saturated rings. The molecule has 0 radical (unpaired) electrons. The van der Waals surface area contributed by atoms with Gasteiger partial charge >= 0.3 is 0 Å². The van der Waals surface area contributed by atoms with E-state index in [1.165, 1.54) is 58.2 Å². The summed E-state index contributed by atoms with van der Waals surface area (Å²) in [6.07, 6.45) is 8.09. The highest BCUT2D eigenvalue weighted by Gasteiger charge is 2.01. The van der Waals surface area contributed by atoms with Gasteiger partial charge in [-0.15, -0.1) is 0 Å². The van der Waals surface area contributed by atoms with E-state index in [1.807, 2.05) is 6.07 Å². The molecule has 2 nitrogen and oxygen atoms in total. The summed E-state index contributed by atoms with van der Waals surface area (Å²) in [5.74, 6) is 0. The topological polar surface area (TPSA) is 27.0 Å². The Morgan fingerprint density at radius 2 is 1.22 bits per heavy atom. The van der Waals surface area contributed by atoms with Crippen LogP contribution in [0, 0.1) is 11.3 Å². The Morgan fingerprint density at radius 1 is 0.944 bits per heavy atom. The van der Waals surface area contributed by atoms with E-state index in [0.717, 1.165) is 0 Å². The van der Waals surface area contributed by atoms with Crippen molar-refractivity contribution in [3.05, 3.63) is 12.2 Å². The Hall–Kier alpha value is -0.810. The van der Waals surface area contributed by atoms with Gasteiger partial charge in [-0.05, 0) is 45.8 Å². The molecular weight excluding hydrogens is 220 g/mol. The second kappa shape index (κ2) is 16.2. The van der Waals surface area contributed by atoms with Gasteiger partial charge in [-0.2, -0.15) is 5.26 Å². The van der Waals surface area contributed by atoms with Crippen molar-refractivity contribution in [1.82, 2.24) is 4.90 Å². The standard InChI is InChI=1S/C12H27N.C4H5N/c1-4-7-10-13(11-8-5-2)12-9-6-3;1-4(2)3-5/h4-12H2,1-3H3;1H2,2H3. The molecule has 0 amide bonds. The van der Waals surface area contributed by atoms with Gasteiger partial charge in [0.2, 0.25) is 0 Å². The van der Waals surface area contributed by atoms with Crippen molar-refractivity contribution in [3.8, 4) is 6.07 Å². The second-order valence-corrected chi connectivity index (χ2v) is 4.79. The Morgan fingerprint density at radius 3 is 1.39 bits per heavy atom. The van der Waals surface area contributed by atoms with Gasteiger partial charge in [0.05, 0.1) is 6.07 Å². The molecule has 0 bridgehead atoms. The van der Waals surface area contributed by atoms with Crippen molar-refractivity contribution in [2.24, 2.45) is 0 Å². The lowest BCUT2D eigenvalue weighted by Crippen LogP contribution is -2.27. The highest BCUT2D eigenvalue weighted by molar-refractivity contribution is 5.11. The number of hydrogen-bond acceptors (Lipinski definition) is 2. The molecule has 0 atom stereocenters. The first-order chi connectivity index (χ1) is 8.62. The number of nitrogens with zero attached hydrogens (tertiary/aromatic N) is 2. The molecule has 0 aromatic heterocycles. The minimum absolute atomic E-state index is 0.560. The zero-order valence-corrected chi connectivity index (χ0v) is 13.0. The van der Waals surface area contributed by atoms with Crippen LogP contribution in [-0.2, 0) is 0 Å². The number of nitriles is 1. The third-order valence-corrected chi connectivity index (χ3v) is 2.67. The first-order valence-corrected chi connectivity index (χ1v) is 7.40. The lowest BCUT2D eigenvalue weighted by atomic mass is 10.2. The minimum atomic E-state index is 0.560.